The zero-order chi connectivity index (χ0) is 7.94. The van der Waals surface area contributed by atoms with Gasteiger partial charge >= 0.3 is 0 Å². The van der Waals surface area contributed by atoms with E-state index in [4.69, 9.17) is 6.57 Å². The first kappa shape index (κ1) is 7.56. The summed E-state index contributed by atoms with van der Waals surface area (Å²) >= 11 is 0. The summed E-state index contributed by atoms with van der Waals surface area (Å²) in [5.41, 5.74) is 1.15. The summed E-state index contributed by atoms with van der Waals surface area (Å²) in [4.78, 5) is 3.21. The van der Waals surface area contributed by atoms with Crippen molar-refractivity contribution in [3.8, 4) is 0 Å². The van der Waals surface area contributed by atoms with Gasteiger partial charge < -0.3 is 4.85 Å². The van der Waals surface area contributed by atoms with Crippen molar-refractivity contribution in [2.75, 3.05) is 6.54 Å². The standard InChI is InChI=1S/C10H9N/c1-11-9-5-8-10-6-3-2-4-7-10/h2-8H,9H2/b8-5+. The van der Waals surface area contributed by atoms with E-state index < -0.39 is 0 Å². The molecule has 0 heterocycles. The Balaban J connectivity index is 2.59. The number of benzene rings is 1. The predicted molar refractivity (Wildman–Crippen MR) is 46.9 cm³/mol. The highest BCUT2D eigenvalue weighted by molar-refractivity contribution is 5.48. The second-order valence-electron chi connectivity index (χ2n) is 2.15. The normalized spacial score (nSPS) is 9.73. The first-order valence-corrected chi connectivity index (χ1v) is 3.48. The molecule has 1 aromatic carbocycles. The molecule has 0 unspecified atom stereocenters. The SMILES string of the molecule is [C-]#[N+]C/C=C/c1ccccc1. The second kappa shape index (κ2) is 4.29. The van der Waals surface area contributed by atoms with E-state index in [-0.39, 0.29) is 0 Å². The van der Waals surface area contributed by atoms with Gasteiger partial charge in [0.05, 0.1) is 0 Å². The maximum absolute atomic E-state index is 6.54. The van der Waals surface area contributed by atoms with E-state index in [1.165, 1.54) is 0 Å². The maximum Gasteiger partial charge on any atom is 0.233 e. The lowest BCUT2D eigenvalue weighted by molar-refractivity contribution is 1.54. The van der Waals surface area contributed by atoms with Crippen molar-refractivity contribution in [2.45, 2.75) is 0 Å². The fourth-order valence-electron chi connectivity index (χ4n) is 0.806. The molecule has 0 aliphatic carbocycles. The molecule has 0 spiro atoms. The fourth-order valence-corrected chi connectivity index (χ4v) is 0.806. The molecule has 0 aromatic heterocycles. The van der Waals surface area contributed by atoms with Crippen molar-refractivity contribution in [1.82, 2.24) is 0 Å². The lowest BCUT2D eigenvalue weighted by atomic mass is 10.2. The zero-order valence-electron chi connectivity index (χ0n) is 6.20. The van der Waals surface area contributed by atoms with Crippen molar-refractivity contribution in [1.29, 1.82) is 0 Å². The Hall–Kier alpha value is -1.55. The van der Waals surface area contributed by atoms with Crippen LogP contribution in [0.25, 0.3) is 10.9 Å². The molecule has 1 heteroatoms. The van der Waals surface area contributed by atoms with Crippen molar-refractivity contribution < 1.29 is 0 Å². The Kier molecular flexibility index (Phi) is 2.95. The van der Waals surface area contributed by atoms with Crippen LogP contribution in [0.15, 0.2) is 36.4 Å². The molecule has 1 aromatic rings. The molecule has 0 amide bonds. The van der Waals surface area contributed by atoms with Crippen LogP contribution in [-0.4, -0.2) is 6.54 Å². The Bertz CT molecular complexity index is 267. The van der Waals surface area contributed by atoms with E-state index in [1.54, 1.807) is 0 Å². The summed E-state index contributed by atoms with van der Waals surface area (Å²) in [6.07, 6.45) is 3.82. The van der Waals surface area contributed by atoms with Gasteiger partial charge in [0, 0.05) is 0 Å². The average molecular weight is 143 g/mol. The van der Waals surface area contributed by atoms with Crippen LogP contribution in [0.4, 0.5) is 0 Å². The largest absolute Gasteiger partial charge is 0.312 e. The predicted octanol–water partition coefficient (Wildman–Crippen LogP) is 2.62. The minimum atomic E-state index is 0.467. The highest BCUT2D eigenvalue weighted by Gasteiger charge is 1.81. The molecular formula is C10H9N. The van der Waals surface area contributed by atoms with Crippen LogP contribution in [0.1, 0.15) is 5.56 Å². The fraction of sp³-hybridized carbons (Fsp3) is 0.100. The minimum absolute atomic E-state index is 0.467. The Morgan fingerprint density at radius 2 is 2.00 bits per heavy atom. The molecular weight excluding hydrogens is 134 g/mol. The maximum atomic E-state index is 6.54. The Morgan fingerprint density at radius 3 is 2.64 bits per heavy atom. The molecule has 11 heavy (non-hydrogen) atoms. The number of hydrogen-bond donors (Lipinski definition) is 0. The van der Waals surface area contributed by atoms with Crippen molar-refractivity contribution in [2.24, 2.45) is 0 Å². The molecule has 0 bridgehead atoms. The molecule has 0 aliphatic rings. The van der Waals surface area contributed by atoms with Gasteiger partial charge in [-0.15, -0.1) is 0 Å². The van der Waals surface area contributed by atoms with E-state index >= 15 is 0 Å². The molecule has 0 saturated carbocycles. The third kappa shape index (κ3) is 2.68. The third-order valence-corrected chi connectivity index (χ3v) is 1.31. The zero-order valence-corrected chi connectivity index (χ0v) is 6.20. The van der Waals surface area contributed by atoms with E-state index in [1.807, 2.05) is 42.5 Å². The van der Waals surface area contributed by atoms with Crippen LogP contribution in [0.2, 0.25) is 0 Å². The highest BCUT2D eigenvalue weighted by Crippen LogP contribution is 2.00. The molecule has 1 nitrogen and oxygen atoms in total. The van der Waals surface area contributed by atoms with Crippen LogP contribution >= 0.6 is 0 Å². The van der Waals surface area contributed by atoms with Gasteiger partial charge in [-0.2, -0.15) is 0 Å². The summed E-state index contributed by atoms with van der Waals surface area (Å²) in [5.74, 6) is 0. The second-order valence-corrected chi connectivity index (χ2v) is 2.15. The third-order valence-electron chi connectivity index (χ3n) is 1.31. The average Bonchev–Trinajstić information content (AvgIpc) is 2.07. The van der Waals surface area contributed by atoms with Gasteiger partial charge in [0.1, 0.15) is 0 Å². The van der Waals surface area contributed by atoms with Gasteiger partial charge in [0.25, 0.3) is 0 Å². The van der Waals surface area contributed by atoms with Crippen molar-refractivity contribution in [3.05, 3.63) is 53.4 Å². The van der Waals surface area contributed by atoms with E-state index in [0.717, 1.165) is 5.56 Å². The summed E-state index contributed by atoms with van der Waals surface area (Å²) < 4.78 is 0. The molecule has 0 radical (unpaired) electrons. The van der Waals surface area contributed by atoms with E-state index in [0.29, 0.717) is 6.54 Å². The van der Waals surface area contributed by atoms with Gasteiger partial charge in [-0.3, -0.25) is 0 Å². The lowest BCUT2D eigenvalue weighted by Crippen LogP contribution is -1.69. The van der Waals surface area contributed by atoms with Gasteiger partial charge in [0.15, 0.2) is 0 Å². The summed E-state index contributed by atoms with van der Waals surface area (Å²) in [6, 6.07) is 9.97. The topological polar surface area (TPSA) is 4.36 Å². The summed E-state index contributed by atoms with van der Waals surface area (Å²) in [6.45, 7) is 7.01. The van der Waals surface area contributed by atoms with Crippen molar-refractivity contribution >= 4 is 6.08 Å². The number of hydrogen-bond acceptors (Lipinski definition) is 0. The molecule has 1 rings (SSSR count). The smallest absolute Gasteiger partial charge is 0.233 e. The minimum Gasteiger partial charge on any atom is -0.312 e. The van der Waals surface area contributed by atoms with E-state index in [2.05, 4.69) is 4.85 Å². The number of rotatable bonds is 2. The molecule has 54 valence electrons. The Labute approximate surface area is 66.8 Å². The Morgan fingerprint density at radius 1 is 1.27 bits per heavy atom. The highest BCUT2D eigenvalue weighted by atomic mass is 14.6. The summed E-state index contributed by atoms with van der Waals surface area (Å²) in [7, 11) is 0. The van der Waals surface area contributed by atoms with Crippen LogP contribution in [-0.2, 0) is 0 Å². The van der Waals surface area contributed by atoms with Crippen LogP contribution in [0.3, 0.4) is 0 Å². The quantitative estimate of drug-likeness (QED) is 0.560. The van der Waals surface area contributed by atoms with Crippen LogP contribution < -0.4 is 0 Å². The molecule has 0 fully saturated rings. The van der Waals surface area contributed by atoms with E-state index in [9.17, 15) is 0 Å². The van der Waals surface area contributed by atoms with Gasteiger partial charge in [-0.05, 0) is 11.6 Å². The van der Waals surface area contributed by atoms with Crippen LogP contribution in [0, 0.1) is 6.57 Å². The monoisotopic (exact) mass is 143 g/mol. The van der Waals surface area contributed by atoms with Gasteiger partial charge in [-0.1, -0.05) is 36.4 Å². The van der Waals surface area contributed by atoms with Crippen molar-refractivity contribution in [3.63, 3.8) is 0 Å². The first-order valence-electron chi connectivity index (χ1n) is 3.48. The van der Waals surface area contributed by atoms with Gasteiger partial charge in [0.2, 0.25) is 6.54 Å². The molecule has 0 aliphatic heterocycles. The summed E-state index contributed by atoms with van der Waals surface area (Å²) in [5, 5.41) is 0. The van der Waals surface area contributed by atoms with Crippen LogP contribution in [0.5, 0.6) is 0 Å². The van der Waals surface area contributed by atoms with Gasteiger partial charge in [-0.25, -0.2) is 6.57 Å². The number of nitrogens with zero attached hydrogens (tertiary/aromatic N) is 1. The molecule has 0 saturated heterocycles. The molecule has 0 atom stereocenters. The lowest BCUT2D eigenvalue weighted by Gasteiger charge is -1.87. The molecule has 0 N–H and O–H groups in total. The first-order chi connectivity index (χ1) is 5.43.